The summed E-state index contributed by atoms with van der Waals surface area (Å²) >= 11 is 0. The average molecular weight is 414 g/mol. The Hall–Kier alpha value is -2.07. The number of nitrogens with zero attached hydrogens (tertiary/aromatic N) is 2. The van der Waals surface area contributed by atoms with Crippen LogP contribution >= 0.6 is 0 Å². The summed E-state index contributed by atoms with van der Waals surface area (Å²) in [6.45, 7) is -2.74. The number of esters is 1. The summed E-state index contributed by atoms with van der Waals surface area (Å²) in [7, 11) is 1.29. The van der Waals surface area contributed by atoms with Crippen molar-refractivity contribution in [1.82, 2.24) is 9.97 Å². The van der Waals surface area contributed by atoms with E-state index in [9.17, 15) is 18.7 Å². The molecule has 1 aromatic heterocycles. The highest BCUT2D eigenvalue weighted by Crippen LogP contribution is 2.27. The quantitative estimate of drug-likeness (QED) is 0.585. The van der Waals surface area contributed by atoms with Gasteiger partial charge in [-0.1, -0.05) is 0 Å². The van der Waals surface area contributed by atoms with E-state index in [4.69, 9.17) is 4.74 Å². The van der Waals surface area contributed by atoms with Crippen molar-refractivity contribution >= 4 is 17.7 Å². The van der Waals surface area contributed by atoms with Gasteiger partial charge in [0.1, 0.15) is 11.4 Å². The van der Waals surface area contributed by atoms with Crippen LogP contribution in [0.2, 0.25) is 0 Å². The number of alkyl halides is 2. The van der Waals surface area contributed by atoms with Gasteiger partial charge in [-0.25, -0.2) is 9.78 Å². The molecule has 0 saturated heterocycles. The molecular formula is C19H28F2N4O4. The molecule has 8 nitrogen and oxygen atoms in total. The third-order valence-corrected chi connectivity index (χ3v) is 5.48. The first-order valence-electron chi connectivity index (χ1n) is 10.0. The Balaban J connectivity index is 1.66. The monoisotopic (exact) mass is 414 g/mol. The van der Waals surface area contributed by atoms with Crippen LogP contribution in [0.3, 0.4) is 0 Å². The summed E-state index contributed by atoms with van der Waals surface area (Å²) in [5.41, 5.74) is 0.229. The molecule has 0 spiro atoms. The summed E-state index contributed by atoms with van der Waals surface area (Å²) in [6.07, 6.45) is 6.14. The highest BCUT2D eigenvalue weighted by molar-refractivity contribution is 5.94. The summed E-state index contributed by atoms with van der Waals surface area (Å²) in [5.74, 6) is 0.179. The van der Waals surface area contributed by atoms with Crippen LogP contribution in [0.5, 0.6) is 0 Å². The molecule has 29 heavy (non-hydrogen) atoms. The van der Waals surface area contributed by atoms with Gasteiger partial charge in [0, 0.05) is 18.3 Å². The number of aliphatic hydroxyl groups excluding tert-OH is 1. The number of aliphatic hydroxyl groups is 1. The smallest absolute Gasteiger partial charge is 0.345 e. The number of methoxy groups -OCH3 is 1. The van der Waals surface area contributed by atoms with Gasteiger partial charge in [-0.05, 0) is 51.4 Å². The van der Waals surface area contributed by atoms with E-state index < -0.39 is 18.7 Å². The zero-order chi connectivity index (χ0) is 20.8. The second kappa shape index (κ2) is 10.1. The van der Waals surface area contributed by atoms with Crippen LogP contribution in [0.1, 0.15) is 61.7 Å². The van der Waals surface area contributed by atoms with Crippen molar-refractivity contribution in [2.75, 3.05) is 17.7 Å². The Labute approximate surface area is 168 Å². The van der Waals surface area contributed by atoms with E-state index in [1.54, 1.807) is 0 Å². The lowest BCUT2D eigenvalue weighted by atomic mass is 9.93. The number of carbonyl (C=O) groups is 1. The van der Waals surface area contributed by atoms with Crippen LogP contribution in [0, 0.1) is 0 Å². The van der Waals surface area contributed by atoms with Crippen molar-refractivity contribution in [3.8, 4) is 0 Å². The van der Waals surface area contributed by atoms with E-state index >= 15 is 0 Å². The first kappa shape index (κ1) is 21.6. The zero-order valence-corrected chi connectivity index (χ0v) is 16.4. The van der Waals surface area contributed by atoms with Crippen LogP contribution in [0.25, 0.3) is 0 Å². The molecule has 2 aliphatic carbocycles. The number of hydrogen-bond acceptors (Lipinski definition) is 8. The largest absolute Gasteiger partial charge is 0.465 e. The minimum atomic E-state index is -2.74. The van der Waals surface area contributed by atoms with Crippen molar-refractivity contribution in [2.24, 2.45) is 0 Å². The van der Waals surface area contributed by atoms with E-state index in [2.05, 4.69) is 25.3 Å². The number of halogens is 2. The van der Waals surface area contributed by atoms with E-state index in [0.29, 0.717) is 43.9 Å². The maximum absolute atomic E-state index is 12.3. The lowest BCUT2D eigenvalue weighted by Crippen LogP contribution is -2.32. The molecule has 3 N–H and O–H groups in total. The zero-order valence-electron chi connectivity index (χ0n) is 16.4. The summed E-state index contributed by atoms with van der Waals surface area (Å²) < 4.78 is 34.1. The van der Waals surface area contributed by atoms with Crippen LogP contribution < -0.4 is 10.6 Å². The Morgan fingerprint density at radius 3 is 2.59 bits per heavy atom. The third-order valence-electron chi connectivity index (χ3n) is 5.48. The molecule has 3 rings (SSSR count). The lowest BCUT2D eigenvalue weighted by molar-refractivity contribution is -0.169. The van der Waals surface area contributed by atoms with E-state index in [1.165, 1.54) is 13.3 Å². The van der Waals surface area contributed by atoms with Gasteiger partial charge in [0.2, 0.25) is 5.95 Å². The molecule has 10 heteroatoms. The minimum absolute atomic E-state index is 0.00633. The van der Waals surface area contributed by atoms with Crippen molar-refractivity contribution in [2.45, 2.75) is 82.3 Å². The standard InChI is InChI=1S/C19H28F2N4O4/c1-28-17(27)15-10-22-19(24-11-5-7-14(8-6-11)29-18(20)21)25-16(15)23-12-3-2-4-13(26)9-12/h10-14,18,26H,2-9H2,1H3,(H2,22,23,24,25)/t11?,12-,13+,14?/m1/s1. The van der Waals surface area contributed by atoms with Gasteiger partial charge < -0.3 is 25.2 Å². The average Bonchev–Trinajstić information content (AvgIpc) is 2.69. The van der Waals surface area contributed by atoms with E-state index in [1.807, 2.05) is 0 Å². The summed E-state index contributed by atoms with van der Waals surface area (Å²) in [6, 6.07) is 0.0488. The molecule has 0 unspecified atom stereocenters. The predicted molar refractivity (Wildman–Crippen MR) is 102 cm³/mol. The van der Waals surface area contributed by atoms with Gasteiger partial charge in [0.25, 0.3) is 0 Å². The molecule has 2 aliphatic rings. The number of carbonyl (C=O) groups excluding carboxylic acids is 1. The minimum Gasteiger partial charge on any atom is -0.465 e. The molecule has 0 radical (unpaired) electrons. The molecule has 0 aliphatic heterocycles. The van der Waals surface area contributed by atoms with Gasteiger partial charge in [0.05, 0.1) is 19.3 Å². The van der Waals surface area contributed by atoms with Gasteiger partial charge in [-0.3, -0.25) is 0 Å². The molecule has 0 bridgehead atoms. The topological polar surface area (TPSA) is 106 Å². The Kier molecular flexibility index (Phi) is 7.54. The molecule has 2 atom stereocenters. The fourth-order valence-corrected chi connectivity index (χ4v) is 3.98. The Morgan fingerprint density at radius 2 is 1.93 bits per heavy atom. The number of nitrogens with one attached hydrogen (secondary N) is 2. The van der Waals surface area contributed by atoms with Crippen LogP contribution in [0.15, 0.2) is 6.20 Å². The van der Waals surface area contributed by atoms with Crippen LogP contribution in [-0.2, 0) is 9.47 Å². The molecule has 162 valence electrons. The molecule has 2 saturated carbocycles. The van der Waals surface area contributed by atoms with Crippen LogP contribution in [0.4, 0.5) is 20.5 Å². The fourth-order valence-electron chi connectivity index (χ4n) is 3.98. The van der Waals surface area contributed by atoms with Crippen molar-refractivity contribution in [1.29, 1.82) is 0 Å². The van der Waals surface area contributed by atoms with Gasteiger partial charge >= 0.3 is 12.6 Å². The van der Waals surface area contributed by atoms with Gasteiger partial charge in [-0.2, -0.15) is 13.8 Å². The molecule has 0 aromatic carbocycles. The molecule has 1 aromatic rings. The first-order valence-corrected chi connectivity index (χ1v) is 10.0. The number of hydrogen-bond donors (Lipinski definition) is 3. The second-order valence-electron chi connectivity index (χ2n) is 7.62. The van der Waals surface area contributed by atoms with Crippen molar-refractivity contribution in [3.63, 3.8) is 0 Å². The SMILES string of the molecule is COC(=O)c1cnc(NC2CCC(OC(F)F)CC2)nc1N[C@@H]1CCC[C@H](O)C1. The maximum atomic E-state index is 12.3. The highest BCUT2D eigenvalue weighted by Gasteiger charge is 2.26. The Morgan fingerprint density at radius 1 is 1.17 bits per heavy atom. The number of anilines is 2. The third kappa shape index (κ3) is 6.20. The Bertz CT molecular complexity index is 686. The normalized spacial score (nSPS) is 27.5. The first-order chi connectivity index (χ1) is 13.9. The van der Waals surface area contributed by atoms with E-state index in [-0.39, 0.29) is 23.8 Å². The highest BCUT2D eigenvalue weighted by atomic mass is 19.3. The van der Waals surface area contributed by atoms with Crippen molar-refractivity contribution in [3.05, 3.63) is 11.8 Å². The fraction of sp³-hybridized carbons (Fsp3) is 0.737. The molecule has 1 heterocycles. The number of ether oxygens (including phenoxy) is 2. The number of rotatable bonds is 7. The molecule has 0 amide bonds. The summed E-state index contributed by atoms with van der Waals surface area (Å²) in [5, 5.41) is 16.4. The van der Waals surface area contributed by atoms with Crippen LogP contribution in [-0.4, -0.2) is 59.1 Å². The van der Waals surface area contributed by atoms with Gasteiger partial charge in [-0.15, -0.1) is 0 Å². The maximum Gasteiger partial charge on any atom is 0.345 e. The van der Waals surface area contributed by atoms with Gasteiger partial charge in [0.15, 0.2) is 0 Å². The molecular weight excluding hydrogens is 386 g/mol. The lowest BCUT2D eigenvalue weighted by Gasteiger charge is -2.29. The summed E-state index contributed by atoms with van der Waals surface area (Å²) in [4.78, 5) is 20.7. The second-order valence-corrected chi connectivity index (χ2v) is 7.62. The predicted octanol–water partition coefficient (Wildman–Crippen LogP) is 2.94. The van der Waals surface area contributed by atoms with Crippen molar-refractivity contribution < 1.29 is 28.2 Å². The number of aromatic nitrogens is 2. The molecule has 2 fully saturated rings. The van der Waals surface area contributed by atoms with E-state index in [0.717, 1.165) is 19.3 Å².